The molecule has 0 bridgehead atoms. The van der Waals surface area contributed by atoms with Crippen molar-refractivity contribution in [2.75, 3.05) is 5.73 Å². The lowest BCUT2D eigenvalue weighted by molar-refractivity contribution is 0.814. The van der Waals surface area contributed by atoms with Crippen molar-refractivity contribution in [3.05, 3.63) is 51.5 Å². The number of hydrogen-bond acceptors (Lipinski definition) is 4. The Morgan fingerprint density at radius 2 is 2.26 bits per heavy atom. The molecule has 3 rings (SSSR count). The van der Waals surface area contributed by atoms with Crippen molar-refractivity contribution in [3.8, 4) is 0 Å². The van der Waals surface area contributed by atoms with Crippen LogP contribution in [0.3, 0.4) is 0 Å². The van der Waals surface area contributed by atoms with Gasteiger partial charge in [0, 0.05) is 5.02 Å². The van der Waals surface area contributed by atoms with E-state index in [1.807, 2.05) is 18.2 Å². The van der Waals surface area contributed by atoms with Crippen LogP contribution in [0.15, 0.2) is 35.4 Å². The number of benzene rings is 1. The molecule has 2 aromatic heterocycles. The van der Waals surface area contributed by atoms with Crippen LogP contribution in [0.4, 0.5) is 5.95 Å². The summed E-state index contributed by atoms with van der Waals surface area (Å²) in [6.07, 6.45) is 1.56. The van der Waals surface area contributed by atoms with E-state index in [2.05, 4.69) is 15.0 Å². The Labute approximate surface area is 112 Å². The third-order valence-corrected chi connectivity index (χ3v) is 2.97. The van der Waals surface area contributed by atoms with E-state index in [4.69, 9.17) is 17.3 Å². The van der Waals surface area contributed by atoms with Gasteiger partial charge >= 0.3 is 0 Å². The van der Waals surface area contributed by atoms with Crippen LogP contribution in [-0.2, 0) is 6.54 Å². The zero-order valence-electron chi connectivity index (χ0n) is 9.80. The van der Waals surface area contributed by atoms with Crippen LogP contribution in [0.25, 0.3) is 11.2 Å². The molecule has 2 heterocycles. The van der Waals surface area contributed by atoms with Gasteiger partial charge in [-0.1, -0.05) is 23.7 Å². The highest BCUT2D eigenvalue weighted by atomic mass is 35.5. The van der Waals surface area contributed by atoms with Crippen LogP contribution in [0.2, 0.25) is 5.02 Å². The second kappa shape index (κ2) is 4.40. The van der Waals surface area contributed by atoms with Crippen molar-refractivity contribution in [1.29, 1.82) is 0 Å². The minimum atomic E-state index is -0.340. The molecule has 0 saturated heterocycles. The molecule has 0 fully saturated rings. The molecule has 0 spiro atoms. The molecule has 3 aromatic rings. The van der Waals surface area contributed by atoms with Crippen LogP contribution < -0.4 is 11.3 Å². The van der Waals surface area contributed by atoms with Crippen molar-refractivity contribution in [2.45, 2.75) is 6.54 Å². The SMILES string of the molecule is Nc1nc2c(ncn2Cc2cccc(Cl)c2)c(=O)[nH]1. The fourth-order valence-corrected chi connectivity index (χ4v) is 2.13. The number of nitrogens with zero attached hydrogens (tertiary/aromatic N) is 3. The molecule has 0 amide bonds. The van der Waals surface area contributed by atoms with Crippen molar-refractivity contribution < 1.29 is 0 Å². The van der Waals surface area contributed by atoms with Crippen molar-refractivity contribution in [1.82, 2.24) is 19.5 Å². The highest BCUT2D eigenvalue weighted by Gasteiger charge is 2.09. The second-order valence-electron chi connectivity index (χ2n) is 4.13. The first-order valence-electron chi connectivity index (χ1n) is 5.58. The number of halogens is 1. The summed E-state index contributed by atoms with van der Waals surface area (Å²) in [6.45, 7) is 0.521. The van der Waals surface area contributed by atoms with Crippen molar-refractivity contribution in [3.63, 3.8) is 0 Å². The van der Waals surface area contributed by atoms with E-state index in [0.29, 0.717) is 17.2 Å². The third kappa shape index (κ3) is 2.17. The van der Waals surface area contributed by atoms with E-state index in [0.717, 1.165) is 5.56 Å². The molecule has 0 aliphatic heterocycles. The van der Waals surface area contributed by atoms with Gasteiger partial charge in [0.05, 0.1) is 12.9 Å². The number of aromatic nitrogens is 4. The standard InChI is InChI=1S/C12H10ClN5O/c13-8-3-1-2-7(4-8)5-18-6-15-9-10(18)16-12(14)17-11(9)19/h1-4,6H,5H2,(H3,14,16,17,19). The van der Waals surface area contributed by atoms with E-state index in [1.165, 1.54) is 0 Å². The van der Waals surface area contributed by atoms with Crippen molar-refractivity contribution in [2.24, 2.45) is 0 Å². The van der Waals surface area contributed by atoms with Crippen LogP contribution >= 0.6 is 11.6 Å². The van der Waals surface area contributed by atoms with E-state index in [9.17, 15) is 4.79 Å². The topological polar surface area (TPSA) is 89.6 Å². The molecule has 3 N–H and O–H groups in total. The number of H-pyrrole nitrogens is 1. The summed E-state index contributed by atoms with van der Waals surface area (Å²) in [5.74, 6) is 0.0744. The van der Waals surface area contributed by atoms with Crippen molar-refractivity contribution >= 4 is 28.7 Å². The fraction of sp³-hybridized carbons (Fsp3) is 0.0833. The van der Waals surface area contributed by atoms with Gasteiger partial charge in [-0.05, 0) is 17.7 Å². The Kier molecular flexibility index (Phi) is 2.72. The summed E-state index contributed by atoms with van der Waals surface area (Å²) in [4.78, 5) is 22.2. The Hall–Kier alpha value is -2.34. The molecule has 6 nitrogen and oxygen atoms in total. The van der Waals surface area contributed by atoms with E-state index < -0.39 is 0 Å². The summed E-state index contributed by atoms with van der Waals surface area (Å²) < 4.78 is 1.76. The number of nitrogens with one attached hydrogen (secondary N) is 1. The van der Waals surface area contributed by atoms with E-state index in [1.54, 1.807) is 17.0 Å². The lowest BCUT2D eigenvalue weighted by atomic mass is 10.2. The lowest BCUT2D eigenvalue weighted by Crippen LogP contribution is -2.12. The van der Waals surface area contributed by atoms with Gasteiger partial charge in [-0.3, -0.25) is 9.78 Å². The zero-order valence-corrected chi connectivity index (χ0v) is 10.6. The number of aromatic amines is 1. The van der Waals surface area contributed by atoms with Gasteiger partial charge in [-0.25, -0.2) is 4.98 Å². The van der Waals surface area contributed by atoms with Crippen LogP contribution in [0.5, 0.6) is 0 Å². The van der Waals surface area contributed by atoms with Crippen LogP contribution in [-0.4, -0.2) is 19.5 Å². The van der Waals surface area contributed by atoms with Crippen LogP contribution in [0, 0.1) is 0 Å². The average Bonchev–Trinajstić information content (AvgIpc) is 2.73. The maximum Gasteiger partial charge on any atom is 0.280 e. The molecule has 0 saturated carbocycles. The lowest BCUT2D eigenvalue weighted by Gasteiger charge is -2.04. The van der Waals surface area contributed by atoms with Gasteiger partial charge in [-0.15, -0.1) is 0 Å². The van der Waals surface area contributed by atoms with Gasteiger partial charge < -0.3 is 10.3 Å². The number of imidazole rings is 1. The molecule has 7 heteroatoms. The largest absolute Gasteiger partial charge is 0.369 e. The summed E-state index contributed by atoms with van der Waals surface area (Å²) in [6, 6.07) is 7.46. The number of anilines is 1. The first-order valence-corrected chi connectivity index (χ1v) is 5.96. The number of nitrogens with two attached hydrogens (primary N) is 1. The highest BCUT2D eigenvalue weighted by Crippen LogP contribution is 2.14. The van der Waals surface area contributed by atoms with Crippen LogP contribution in [0.1, 0.15) is 5.56 Å². The van der Waals surface area contributed by atoms with E-state index >= 15 is 0 Å². The molecule has 0 unspecified atom stereocenters. The molecular formula is C12H10ClN5O. The maximum absolute atomic E-state index is 11.6. The Bertz CT molecular complexity index is 807. The minimum Gasteiger partial charge on any atom is -0.369 e. The highest BCUT2D eigenvalue weighted by molar-refractivity contribution is 6.30. The summed E-state index contributed by atoms with van der Waals surface area (Å²) in [5, 5.41) is 0.659. The quantitative estimate of drug-likeness (QED) is 0.740. The Balaban J connectivity index is 2.09. The number of rotatable bonds is 2. The molecule has 0 radical (unpaired) electrons. The molecular weight excluding hydrogens is 266 g/mol. The summed E-state index contributed by atoms with van der Waals surface area (Å²) in [7, 11) is 0. The first kappa shape index (κ1) is 11.7. The minimum absolute atomic E-state index is 0.0744. The molecule has 0 atom stereocenters. The average molecular weight is 276 g/mol. The number of hydrogen-bond donors (Lipinski definition) is 2. The third-order valence-electron chi connectivity index (χ3n) is 2.74. The second-order valence-corrected chi connectivity index (χ2v) is 4.56. The predicted molar refractivity (Wildman–Crippen MR) is 73.1 cm³/mol. The zero-order chi connectivity index (χ0) is 13.4. The molecule has 0 aliphatic carbocycles. The maximum atomic E-state index is 11.6. The van der Waals surface area contributed by atoms with Gasteiger partial charge in [0.25, 0.3) is 5.56 Å². The molecule has 96 valence electrons. The fourth-order valence-electron chi connectivity index (χ4n) is 1.92. The van der Waals surface area contributed by atoms with Gasteiger partial charge in [0.2, 0.25) is 5.95 Å². The summed E-state index contributed by atoms with van der Waals surface area (Å²) >= 11 is 5.94. The Morgan fingerprint density at radius 3 is 3.05 bits per heavy atom. The van der Waals surface area contributed by atoms with E-state index in [-0.39, 0.29) is 17.0 Å². The van der Waals surface area contributed by atoms with Gasteiger partial charge in [-0.2, -0.15) is 4.98 Å². The van der Waals surface area contributed by atoms with Gasteiger partial charge in [0.1, 0.15) is 0 Å². The summed E-state index contributed by atoms with van der Waals surface area (Å²) in [5.41, 5.74) is 6.93. The molecule has 19 heavy (non-hydrogen) atoms. The van der Waals surface area contributed by atoms with Gasteiger partial charge in [0.15, 0.2) is 11.2 Å². The smallest absolute Gasteiger partial charge is 0.280 e. The molecule has 1 aromatic carbocycles. The predicted octanol–water partition coefficient (Wildman–Crippen LogP) is 1.40. The normalized spacial score (nSPS) is 11.0. The first-order chi connectivity index (χ1) is 9.13. The number of nitrogen functional groups attached to an aromatic ring is 1. The monoisotopic (exact) mass is 275 g/mol. The number of fused-ring (bicyclic) bond motifs is 1. The Morgan fingerprint density at radius 1 is 1.42 bits per heavy atom. The molecule has 0 aliphatic rings.